The van der Waals surface area contributed by atoms with E-state index in [2.05, 4.69) is 9.97 Å². The molecule has 0 bridgehead atoms. The fraction of sp³-hybridized carbons (Fsp3) is 0.0909. The third-order valence-corrected chi connectivity index (χ3v) is 3.06. The minimum atomic E-state index is -4.36. The third kappa shape index (κ3) is 2.92. The number of nitrogens with zero attached hydrogens (tertiary/aromatic N) is 1. The van der Waals surface area contributed by atoms with Gasteiger partial charge in [0.05, 0.1) is 5.56 Å². The van der Waals surface area contributed by atoms with Gasteiger partial charge in [0.25, 0.3) is 5.56 Å². The second-order valence-corrected chi connectivity index (χ2v) is 4.41. The van der Waals surface area contributed by atoms with Gasteiger partial charge in [-0.25, -0.2) is 4.98 Å². The van der Waals surface area contributed by atoms with Gasteiger partial charge < -0.3 is 4.98 Å². The molecule has 94 valence electrons. The van der Waals surface area contributed by atoms with Gasteiger partial charge in [-0.2, -0.15) is 13.2 Å². The summed E-state index contributed by atoms with van der Waals surface area (Å²) >= 11 is 1.01. The molecule has 0 amide bonds. The molecular weight excluding hydrogens is 265 g/mol. The van der Waals surface area contributed by atoms with Crippen molar-refractivity contribution in [2.24, 2.45) is 0 Å². The van der Waals surface area contributed by atoms with Crippen LogP contribution in [0, 0.1) is 0 Å². The van der Waals surface area contributed by atoms with Gasteiger partial charge in [0.2, 0.25) is 0 Å². The third-order valence-electron chi connectivity index (χ3n) is 2.07. The van der Waals surface area contributed by atoms with Crippen LogP contribution in [0.25, 0.3) is 0 Å². The molecule has 0 unspecified atom stereocenters. The van der Waals surface area contributed by atoms with Gasteiger partial charge in [-0.15, -0.1) is 0 Å². The van der Waals surface area contributed by atoms with Crippen molar-refractivity contribution >= 4 is 11.8 Å². The van der Waals surface area contributed by atoms with Gasteiger partial charge in [0.15, 0.2) is 5.03 Å². The normalized spacial score (nSPS) is 11.5. The Morgan fingerprint density at radius 1 is 1.17 bits per heavy atom. The summed E-state index contributed by atoms with van der Waals surface area (Å²) in [6.45, 7) is 0. The van der Waals surface area contributed by atoms with Crippen molar-refractivity contribution in [2.75, 3.05) is 0 Å². The van der Waals surface area contributed by atoms with E-state index in [1.807, 2.05) is 0 Å². The molecule has 0 atom stereocenters. The lowest BCUT2D eigenvalue weighted by molar-refractivity contribution is -0.137. The zero-order valence-electron chi connectivity index (χ0n) is 8.86. The Labute approximate surface area is 104 Å². The highest BCUT2D eigenvalue weighted by Gasteiger charge is 2.29. The van der Waals surface area contributed by atoms with Crippen molar-refractivity contribution in [1.29, 1.82) is 0 Å². The molecule has 0 saturated heterocycles. The molecule has 1 heterocycles. The summed E-state index contributed by atoms with van der Waals surface area (Å²) in [6, 6.07) is 4.56. The largest absolute Gasteiger partial charge is 0.416 e. The number of hydrogen-bond acceptors (Lipinski definition) is 3. The maximum absolute atomic E-state index is 12.3. The number of aromatic amines is 1. The van der Waals surface area contributed by atoms with Gasteiger partial charge in [-0.3, -0.25) is 4.79 Å². The van der Waals surface area contributed by atoms with Gasteiger partial charge in [-0.05, 0) is 24.3 Å². The maximum Gasteiger partial charge on any atom is 0.416 e. The van der Waals surface area contributed by atoms with Crippen molar-refractivity contribution in [2.45, 2.75) is 16.1 Å². The standard InChI is InChI=1S/C11H7F3N2OS/c12-11(13,14)7-1-3-8(4-2-7)18-10-9(17)15-5-6-16-10/h1-6H,(H,15,17). The van der Waals surface area contributed by atoms with E-state index in [0.717, 1.165) is 23.9 Å². The molecule has 0 fully saturated rings. The molecule has 18 heavy (non-hydrogen) atoms. The van der Waals surface area contributed by atoms with Crippen LogP contribution in [0.15, 0.2) is 51.4 Å². The smallest absolute Gasteiger partial charge is 0.325 e. The molecule has 0 spiro atoms. The molecule has 7 heteroatoms. The van der Waals surface area contributed by atoms with Crippen LogP contribution in [0.2, 0.25) is 0 Å². The van der Waals surface area contributed by atoms with E-state index in [0.29, 0.717) is 4.90 Å². The summed E-state index contributed by atoms with van der Waals surface area (Å²) in [6.07, 6.45) is -1.56. The van der Waals surface area contributed by atoms with Gasteiger partial charge >= 0.3 is 6.18 Å². The molecule has 1 aromatic carbocycles. The SMILES string of the molecule is O=c1[nH]ccnc1Sc1ccc(C(F)(F)F)cc1. The zero-order chi connectivity index (χ0) is 13.2. The van der Waals surface area contributed by atoms with E-state index in [1.54, 1.807) is 0 Å². The van der Waals surface area contributed by atoms with E-state index >= 15 is 0 Å². The molecule has 0 aliphatic heterocycles. The molecular formula is C11H7F3N2OS. The molecule has 3 nitrogen and oxygen atoms in total. The van der Waals surface area contributed by atoms with Crippen LogP contribution in [0.4, 0.5) is 13.2 Å². The van der Waals surface area contributed by atoms with Crippen LogP contribution >= 0.6 is 11.8 Å². The highest BCUT2D eigenvalue weighted by molar-refractivity contribution is 7.99. The molecule has 0 saturated carbocycles. The molecule has 0 radical (unpaired) electrons. The fourth-order valence-corrected chi connectivity index (χ4v) is 2.00. The Balaban J connectivity index is 2.22. The summed E-state index contributed by atoms with van der Waals surface area (Å²) < 4.78 is 37.0. The Kier molecular flexibility index (Phi) is 3.42. The minimum absolute atomic E-state index is 0.192. The van der Waals surface area contributed by atoms with Crippen LogP contribution in [-0.4, -0.2) is 9.97 Å². The van der Waals surface area contributed by atoms with Crippen LogP contribution < -0.4 is 5.56 Å². The van der Waals surface area contributed by atoms with Crippen LogP contribution in [-0.2, 0) is 6.18 Å². The number of alkyl halides is 3. The molecule has 0 aliphatic carbocycles. The van der Waals surface area contributed by atoms with Gasteiger partial charge in [0, 0.05) is 17.3 Å². The van der Waals surface area contributed by atoms with Crippen molar-refractivity contribution in [3.63, 3.8) is 0 Å². The number of H-pyrrole nitrogens is 1. The first kappa shape index (κ1) is 12.7. The van der Waals surface area contributed by atoms with E-state index in [1.165, 1.54) is 24.5 Å². The number of aromatic nitrogens is 2. The lowest BCUT2D eigenvalue weighted by Crippen LogP contribution is -2.08. The average molecular weight is 272 g/mol. The van der Waals surface area contributed by atoms with E-state index in [-0.39, 0.29) is 10.6 Å². The summed E-state index contributed by atoms with van der Waals surface area (Å²) in [5, 5.41) is 0.192. The maximum atomic E-state index is 12.3. The summed E-state index contributed by atoms with van der Waals surface area (Å²) in [5.74, 6) is 0. The Bertz CT molecular complexity index is 592. The molecule has 2 aromatic rings. The number of benzene rings is 1. The van der Waals surface area contributed by atoms with Crippen LogP contribution in [0.5, 0.6) is 0 Å². The zero-order valence-corrected chi connectivity index (χ0v) is 9.68. The van der Waals surface area contributed by atoms with E-state index in [4.69, 9.17) is 0 Å². The fourth-order valence-electron chi connectivity index (χ4n) is 1.23. The molecule has 2 rings (SSSR count). The van der Waals surface area contributed by atoms with Crippen molar-refractivity contribution < 1.29 is 13.2 Å². The number of rotatable bonds is 2. The first-order valence-corrected chi connectivity index (χ1v) is 5.67. The second-order valence-electron chi connectivity index (χ2n) is 3.35. The number of nitrogens with one attached hydrogen (secondary N) is 1. The summed E-state index contributed by atoms with van der Waals surface area (Å²) in [4.78, 5) is 18.1. The van der Waals surface area contributed by atoms with E-state index < -0.39 is 11.7 Å². The molecule has 1 aromatic heterocycles. The predicted octanol–water partition coefficient (Wildman–Crippen LogP) is 2.94. The second kappa shape index (κ2) is 4.85. The van der Waals surface area contributed by atoms with E-state index in [9.17, 15) is 18.0 Å². The Morgan fingerprint density at radius 2 is 1.83 bits per heavy atom. The predicted molar refractivity (Wildman–Crippen MR) is 60.4 cm³/mol. The van der Waals surface area contributed by atoms with Gasteiger partial charge in [0.1, 0.15) is 0 Å². The van der Waals surface area contributed by atoms with Crippen molar-refractivity contribution in [3.8, 4) is 0 Å². The first-order chi connectivity index (χ1) is 8.47. The van der Waals surface area contributed by atoms with Crippen molar-refractivity contribution in [1.82, 2.24) is 9.97 Å². The Morgan fingerprint density at radius 3 is 2.39 bits per heavy atom. The first-order valence-electron chi connectivity index (χ1n) is 4.85. The highest BCUT2D eigenvalue weighted by atomic mass is 32.2. The average Bonchev–Trinajstić information content (AvgIpc) is 2.32. The Hall–Kier alpha value is -1.76. The summed E-state index contributed by atoms with van der Waals surface area (Å²) in [5.41, 5.74) is -1.09. The molecule has 1 N–H and O–H groups in total. The summed E-state index contributed by atoms with van der Waals surface area (Å²) in [7, 11) is 0. The van der Waals surface area contributed by atoms with Crippen LogP contribution in [0.3, 0.4) is 0 Å². The monoisotopic (exact) mass is 272 g/mol. The van der Waals surface area contributed by atoms with Crippen LogP contribution in [0.1, 0.15) is 5.56 Å². The number of halogens is 3. The topological polar surface area (TPSA) is 45.8 Å². The number of hydrogen-bond donors (Lipinski definition) is 1. The van der Waals surface area contributed by atoms with Crippen molar-refractivity contribution in [3.05, 3.63) is 52.6 Å². The highest BCUT2D eigenvalue weighted by Crippen LogP contribution is 2.31. The molecule has 0 aliphatic rings. The van der Waals surface area contributed by atoms with Gasteiger partial charge in [-0.1, -0.05) is 11.8 Å². The minimum Gasteiger partial charge on any atom is -0.325 e. The lowest BCUT2D eigenvalue weighted by Gasteiger charge is -2.06. The quantitative estimate of drug-likeness (QED) is 0.914. The lowest BCUT2D eigenvalue weighted by atomic mass is 10.2.